The highest BCUT2D eigenvalue weighted by Gasteiger charge is 2.32. The Kier molecular flexibility index (Phi) is 4.24. The first-order chi connectivity index (χ1) is 8.61. The molecule has 98 valence electrons. The van der Waals surface area contributed by atoms with Crippen molar-refractivity contribution in [2.75, 3.05) is 17.7 Å². The molecular formula is C13H17BrN2O2. The fourth-order valence-electron chi connectivity index (χ4n) is 2.22. The van der Waals surface area contributed by atoms with Gasteiger partial charge in [0.15, 0.2) is 0 Å². The van der Waals surface area contributed by atoms with Crippen LogP contribution in [0.4, 0.5) is 11.4 Å². The molecule has 18 heavy (non-hydrogen) atoms. The van der Waals surface area contributed by atoms with E-state index in [1.165, 1.54) is 0 Å². The average molecular weight is 313 g/mol. The van der Waals surface area contributed by atoms with Gasteiger partial charge in [0.25, 0.3) is 0 Å². The Morgan fingerprint density at radius 3 is 3.06 bits per heavy atom. The Morgan fingerprint density at radius 1 is 1.61 bits per heavy atom. The lowest BCUT2D eigenvalue weighted by Crippen LogP contribution is -2.29. The van der Waals surface area contributed by atoms with E-state index >= 15 is 0 Å². The van der Waals surface area contributed by atoms with Gasteiger partial charge in [0.1, 0.15) is 0 Å². The molecule has 1 aromatic carbocycles. The van der Waals surface area contributed by atoms with Crippen LogP contribution in [-0.2, 0) is 9.53 Å². The number of hydrogen-bond donors (Lipinski definition) is 2. The lowest BCUT2D eigenvalue weighted by molar-refractivity contribution is -0.121. The number of hydrogen-bond acceptors (Lipinski definition) is 3. The number of benzene rings is 1. The van der Waals surface area contributed by atoms with Crippen molar-refractivity contribution >= 4 is 33.2 Å². The van der Waals surface area contributed by atoms with Crippen LogP contribution >= 0.6 is 15.9 Å². The quantitative estimate of drug-likeness (QED) is 0.843. The first-order valence-electron chi connectivity index (χ1n) is 6.09. The molecule has 0 aromatic heterocycles. The largest absolute Gasteiger partial charge is 0.397 e. The molecule has 0 radical (unpaired) electrons. The summed E-state index contributed by atoms with van der Waals surface area (Å²) in [6.45, 7) is 2.69. The van der Waals surface area contributed by atoms with Gasteiger partial charge < -0.3 is 15.8 Å². The van der Waals surface area contributed by atoms with Crippen LogP contribution in [-0.4, -0.2) is 18.6 Å². The van der Waals surface area contributed by atoms with Gasteiger partial charge in [-0.25, -0.2) is 0 Å². The molecule has 1 fully saturated rings. The number of nitrogens with one attached hydrogen (secondary N) is 1. The number of halogens is 1. The molecule has 1 amide bonds. The third kappa shape index (κ3) is 2.84. The van der Waals surface area contributed by atoms with Gasteiger partial charge in [-0.2, -0.15) is 0 Å². The van der Waals surface area contributed by atoms with Crippen molar-refractivity contribution in [3.8, 4) is 0 Å². The highest BCUT2D eigenvalue weighted by molar-refractivity contribution is 9.10. The van der Waals surface area contributed by atoms with Crippen molar-refractivity contribution in [3.05, 3.63) is 22.7 Å². The average Bonchev–Trinajstić information content (AvgIpc) is 2.81. The van der Waals surface area contributed by atoms with Crippen molar-refractivity contribution < 1.29 is 9.53 Å². The second-order valence-electron chi connectivity index (χ2n) is 4.43. The number of amides is 1. The van der Waals surface area contributed by atoms with Gasteiger partial charge in [0.05, 0.1) is 23.4 Å². The number of carbonyl (C=O) groups excluding carboxylic acids is 1. The standard InChI is InChI=1S/C13H17BrN2O2/c1-2-12-9(5-6-18-12)13(17)16-11-4-3-8(14)7-10(11)15/h3-4,7,9,12H,2,5-6,15H2,1H3,(H,16,17). The Balaban J connectivity index is 2.07. The summed E-state index contributed by atoms with van der Waals surface area (Å²) in [7, 11) is 0. The van der Waals surface area contributed by atoms with Crippen molar-refractivity contribution in [2.45, 2.75) is 25.9 Å². The van der Waals surface area contributed by atoms with Crippen LogP contribution in [0.25, 0.3) is 0 Å². The lowest BCUT2D eigenvalue weighted by Gasteiger charge is -2.17. The molecule has 0 saturated carbocycles. The molecule has 2 atom stereocenters. The van der Waals surface area contributed by atoms with Crippen molar-refractivity contribution in [3.63, 3.8) is 0 Å². The maximum absolute atomic E-state index is 12.2. The molecule has 1 aliphatic heterocycles. The molecule has 5 heteroatoms. The molecule has 0 bridgehead atoms. The first kappa shape index (κ1) is 13.4. The molecule has 1 aromatic rings. The Bertz CT molecular complexity index is 451. The number of nitrogen functional groups attached to an aromatic ring is 1. The van der Waals surface area contributed by atoms with Gasteiger partial charge in [-0.05, 0) is 31.0 Å². The zero-order valence-corrected chi connectivity index (χ0v) is 11.9. The fraction of sp³-hybridized carbons (Fsp3) is 0.462. The van der Waals surface area contributed by atoms with Crippen LogP contribution in [0.2, 0.25) is 0 Å². The van der Waals surface area contributed by atoms with Gasteiger partial charge in [-0.1, -0.05) is 22.9 Å². The van der Waals surface area contributed by atoms with E-state index in [-0.39, 0.29) is 17.9 Å². The van der Waals surface area contributed by atoms with Crippen molar-refractivity contribution in [2.24, 2.45) is 5.92 Å². The normalized spacial score (nSPS) is 23.0. The van der Waals surface area contributed by atoms with Crippen LogP contribution in [0, 0.1) is 5.92 Å². The van der Waals surface area contributed by atoms with E-state index in [4.69, 9.17) is 10.5 Å². The maximum atomic E-state index is 12.2. The predicted molar refractivity (Wildman–Crippen MR) is 75.3 cm³/mol. The van der Waals surface area contributed by atoms with E-state index in [9.17, 15) is 4.79 Å². The summed E-state index contributed by atoms with van der Waals surface area (Å²) < 4.78 is 6.42. The molecule has 2 rings (SSSR count). The van der Waals surface area contributed by atoms with Crippen LogP contribution in [0.3, 0.4) is 0 Å². The Labute approximate surface area is 115 Å². The monoisotopic (exact) mass is 312 g/mol. The molecular weight excluding hydrogens is 296 g/mol. The second-order valence-corrected chi connectivity index (χ2v) is 5.35. The van der Waals surface area contributed by atoms with E-state index in [1.807, 2.05) is 13.0 Å². The van der Waals surface area contributed by atoms with Crippen LogP contribution < -0.4 is 11.1 Å². The van der Waals surface area contributed by atoms with E-state index in [2.05, 4.69) is 21.2 Å². The Morgan fingerprint density at radius 2 is 2.39 bits per heavy atom. The molecule has 1 saturated heterocycles. The summed E-state index contributed by atoms with van der Waals surface area (Å²) in [6, 6.07) is 5.43. The molecule has 3 N–H and O–H groups in total. The third-order valence-corrected chi connectivity index (χ3v) is 3.71. The lowest BCUT2D eigenvalue weighted by atomic mass is 9.98. The number of carbonyl (C=O) groups is 1. The number of rotatable bonds is 3. The minimum absolute atomic E-state index is 0.00614. The number of anilines is 2. The van der Waals surface area contributed by atoms with Crippen LogP contribution in [0.15, 0.2) is 22.7 Å². The van der Waals surface area contributed by atoms with E-state index < -0.39 is 0 Å². The van der Waals surface area contributed by atoms with E-state index in [0.29, 0.717) is 18.0 Å². The highest BCUT2D eigenvalue weighted by atomic mass is 79.9. The SMILES string of the molecule is CCC1OCCC1C(=O)Nc1ccc(Br)cc1N. The first-order valence-corrected chi connectivity index (χ1v) is 6.88. The summed E-state index contributed by atoms with van der Waals surface area (Å²) in [5.41, 5.74) is 7.08. The zero-order valence-electron chi connectivity index (χ0n) is 10.3. The van der Waals surface area contributed by atoms with Gasteiger partial charge in [0, 0.05) is 11.1 Å². The summed E-state index contributed by atoms with van der Waals surface area (Å²) in [6.07, 6.45) is 1.66. The predicted octanol–water partition coefficient (Wildman–Crippen LogP) is 2.78. The molecule has 2 unspecified atom stereocenters. The van der Waals surface area contributed by atoms with Crippen molar-refractivity contribution in [1.82, 2.24) is 0 Å². The van der Waals surface area contributed by atoms with Crippen LogP contribution in [0.5, 0.6) is 0 Å². The third-order valence-electron chi connectivity index (χ3n) is 3.22. The molecule has 1 aliphatic rings. The number of nitrogens with two attached hydrogens (primary N) is 1. The summed E-state index contributed by atoms with van der Waals surface area (Å²) in [5, 5.41) is 2.88. The van der Waals surface area contributed by atoms with Gasteiger partial charge in [-0.15, -0.1) is 0 Å². The molecule has 4 nitrogen and oxygen atoms in total. The summed E-state index contributed by atoms with van der Waals surface area (Å²) in [4.78, 5) is 12.2. The van der Waals surface area contributed by atoms with Crippen molar-refractivity contribution in [1.29, 1.82) is 0 Å². The summed E-state index contributed by atoms with van der Waals surface area (Å²) in [5.74, 6) is -0.0774. The van der Waals surface area contributed by atoms with E-state index in [0.717, 1.165) is 17.3 Å². The van der Waals surface area contributed by atoms with E-state index in [1.54, 1.807) is 12.1 Å². The topological polar surface area (TPSA) is 64.3 Å². The fourth-order valence-corrected chi connectivity index (χ4v) is 2.60. The molecule has 0 aliphatic carbocycles. The van der Waals surface area contributed by atoms with Crippen LogP contribution in [0.1, 0.15) is 19.8 Å². The highest BCUT2D eigenvalue weighted by Crippen LogP contribution is 2.27. The smallest absolute Gasteiger partial charge is 0.230 e. The zero-order chi connectivity index (χ0) is 13.1. The van der Waals surface area contributed by atoms with Gasteiger partial charge in [0.2, 0.25) is 5.91 Å². The maximum Gasteiger partial charge on any atom is 0.230 e. The minimum atomic E-state index is -0.0713. The molecule has 0 spiro atoms. The number of ether oxygens (including phenoxy) is 1. The molecule has 1 heterocycles. The van der Waals surface area contributed by atoms with Gasteiger partial charge >= 0.3 is 0 Å². The summed E-state index contributed by atoms with van der Waals surface area (Å²) >= 11 is 3.34. The Hall–Kier alpha value is -1.07. The minimum Gasteiger partial charge on any atom is -0.397 e. The van der Waals surface area contributed by atoms with Gasteiger partial charge in [-0.3, -0.25) is 4.79 Å². The second kappa shape index (κ2) is 5.71.